The number of aromatic nitrogens is 1. The molecular weight excluding hydrogens is 236 g/mol. The number of hydrogen-bond donors (Lipinski definition) is 1. The molecule has 0 bridgehead atoms. The number of fused-ring (bicyclic) bond motifs is 1. The summed E-state index contributed by atoms with van der Waals surface area (Å²) in [6.45, 7) is 3.34. The van der Waals surface area contributed by atoms with Gasteiger partial charge in [-0.05, 0) is 26.1 Å². The molecule has 0 radical (unpaired) electrons. The van der Waals surface area contributed by atoms with E-state index in [1.165, 1.54) is 0 Å². The summed E-state index contributed by atoms with van der Waals surface area (Å²) in [5.41, 5.74) is 7.92. The Morgan fingerprint density at radius 2 is 2.16 bits per heavy atom. The molecule has 1 aromatic carbocycles. The van der Waals surface area contributed by atoms with Crippen LogP contribution in [0.3, 0.4) is 0 Å². The fourth-order valence-corrected chi connectivity index (χ4v) is 2.16. The Hall–Kier alpha value is -2.12. The highest BCUT2D eigenvalue weighted by molar-refractivity contribution is 5.81. The van der Waals surface area contributed by atoms with E-state index < -0.39 is 0 Å². The number of nitrogen functional groups attached to an aromatic ring is 1. The highest BCUT2D eigenvalue weighted by Gasteiger charge is 2.09. The lowest BCUT2D eigenvalue weighted by molar-refractivity contribution is 0.303. The summed E-state index contributed by atoms with van der Waals surface area (Å²) in [4.78, 5) is 6.51. The van der Waals surface area contributed by atoms with Gasteiger partial charge in [-0.3, -0.25) is 0 Å². The molecule has 0 saturated heterocycles. The van der Waals surface area contributed by atoms with Gasteiger partial charge in [-0.1, -0.05) is 18.2 Å². The lowest BCUT2D eigenvalue weighted by atomic mass is 10.1. The number of rotatable bonds is 4. The maximum atomic E-state index is 8.83. The first-order chi connectivity index (χ1) is 9.10. The third-order valence-corrected chi connectivity index (χ3v) is 3.08. The molecule has 4 heteroatoms. The summed E-state index contributed by atoms with van der Waals surface area (Å²) < 4.78 is 0. The minimum atomic E-state index is 0.0136. The summed E-state index contributed by atoms with van der Waals surface area (Å²) in [7, 11) is 1.99. The van der Waals surface area contributed by atoms with Crippen molar-refractivity contribution in [1.29, 1.82) is 5.26 Å². The van der Waals surface area contributed by atoms with Crippen LogP contribution in [-0.4, -0.2) is 23.5 Å². The molecule has 0 saturated carbocycles. The van der Waals surface area contributed by atoms with Crippen molar-refractivity contribution in [2.24, 2.45) is 5.92 Å². The molecule has 0 spiro atoms. The van der Waals surface area contributed by atoms with Crippen LogP contribution in [0, 0.1) is 17.2 Å². The summed E-state index contributed by atoms with van der Waals surface area (Å²) in [5.74, 6) is 0.579. The molecule has 0 fully saturated rings. The predicted molar refractivity (Wildman–Crippen MR) is 77.3 cm³/mol. The van der Waals surface area contributed by atoms with Crippen LogP contribution in [0.5, 0.6) is 0 Å². The van der Waals surface area contributed by atoms with Crippen molar-refractivity contribution in [2.45, 2.75) is 13.5 Å². The van der Waals surface area contributed by atoms with Crippen LogP contribution < -0.4 is 5.73 Å². The Bertz CT molecular complexity index is 615. The molecule has 2 N–H and O–H groups in total. The van der Waals surface area contributed by atoms with Crippen LogP contribution in [0.15, 0.2) is 30.3 Å². The lowest BCUT2D eigenvalue weighted by Gasteiger charge is -2.18. The molecule has 1 unspecified atom stereocenters. The van der Waals surface area contributed by atoms with Gasteiger partial charge in [-0.15, -0.1) is 0 Å². The van der Waals surface area contributed by atoms with E-state index in [-0.39, 0.29) is 5.92 Å². The largest absolute Gasteiger partial charge is 0.383 e. The molecule has 0 amide bonds. The van der Waals surface area contributed by atoms with Gasteiger partial charge in [0.2, 0.25) is 0 Å². The molecule has 2 rings (SSSR count). The van der Waals surface area contributed by atoms with Crippen molar-refractivity contribution < 1.29 is 0 Å². The van der Waals surface area contributed by atoms with Gasteiger partial charge in [0, 0.05) is 24.0 Å². The molecule has 1 atom stereocenters. The van der Waals surface area contributed by atoms with Gasteiger partial charge in [-0.25, -0.2) is 4.98 Å². The average Bonchev–Trinajstić information content (AvgIpc) is 2.39. The van der Waals surface area contributed by atoms with E-state index in [4.69, 9.17) is 11.0 Å². The number of para-hydroxylation sites is 1. The third kappa shape index (κ3) is 3.21. The number of pyridine rings is 1. The van der Waals surface area contributed by atoms with Gasteiger partial charge in [0.05, 0.1) is 17.5 Å². The number of benzene rings is 1. The predicted octanol–water partition coefficient (Wildman–Crippen LogP) is 2.41. The Morgan fingerprint density at radius 3 is 2.89 bits per heavy atom. The minimum absolute atomic E-state index is 0.0136. The lowest BCUT2D eigenvalue weighted by Crippen LogP contribution is -2.24. The van der Waals surface area contributed by atoms with Crippen LogP contribution >= 0.6 is 0 Å². The third-order valence-electron chi connectivity index (χ3n) is 3.08. The zero-order valence-electron chi connectivity index (χ0n) is 11.3. The van der Waals surface area contributed by atoms with Crippen molar-refractivity contribution in [1.82, 2.24) is 9.88 Å². The van der Waals surface area contributed by atoms with E-state index in [0.717, 1.165) is 23.0 Å². The van der Waals surface area contributed by atoms with Crippen LogP contribution in [0.25, 0.3) is 10.9 Å². The molecule has 0 aliphatic carbocycles. The van der Waals surface area contributed by atoms with Gasteiger partial charge in [0.25, 0.3) is 0 Å². The monoisotopic (exact) mass is 254 g/mol. The molecule has 1 aromatic heterocycles. The molecular formula is C15H18N4. The van der Waals surface area contributed by atoms with E-state index in [1.54, 1.807) is 0 Å². The van der Waals surface area contributed by atoms with E-state index in [2.05, 4.69) is 22.0 Å². The molecule has 4 nitrogen and oxygen atoms in total. The SMILES string of the molecule is CC(C#N)CN(C)Cc1cc2ccccc2nc1N. The fraction of sp³-hybridized carbons (Fsp3) is 0.333. The van der Waals surface area contributed by atoms with Crippen molar-refractivity contribution in [3.63, 3.8) is 0 Å². The maximum Gasteiger partial charge on any atom is 0.128 e. The highest BCUT2D eigenvalue weighted by atomic mass is 15.1. The van der Waals surface area contributed by atoms with Crippen LogP contribution in [0.4, 0.5) is 5.82 Å². The molecule has 98 valence electrons. The fourth-order valence-electron chi connectivity index (χ4n) is 2.16. The van der Waals surface area contributed by atoms with Gasteiger partial charge < -0.3 is 10.6 Å². The first-order valence-corrected chi connectivity index (χ1v) is 6.32. The Labute approximate surface area is 113 Å². The topological polar surface area (TPSA) is 65.9 Å². The van der Waals surface area contributed by atoms with E-state index in [1.807, 2.05) is 38.2 Å². The van der Waals surface area contributed by atoms with Gasteiger partial charge in [0.15, 0.2) is 0 Å². The number of anilines is 1. The van der Waals surface area contributed by atoms with Crippen molar-refractivity contribution >= 4 is 16.7 Å². The highest BCUT2D eigenvalue weighted by Crippen LogP contribution is 2.19. The number of nitrogens with two attached hydrogens (primary N) is 1. The first-order valence-electron chi connectivity index (χ1n) is 6.32. The van der Waals surface area contributed by atoms with Crippen LogP contribution in [0.2, 0.25) is 0 Å². The molecule has 2 aromatic rings. The maximum absolute atomic E-state index is 8.83. The average molecular weight is 254 g/mol. The van der Waals surface area contributed by atoms with Crippen LogP contribution in [-0.2, 0) is 6.54 Å². The zero-order valence-corrected chi connectivity index (χ0v) is 11.3. The molecule has 19 heavy (non-hydrogen) atoms. The number of nitrogens with zero attached hydrogens (tertiary/aromatic N) is 3. The number of nitriles is 1. The van der Waals surface area contributed by atoms with E-state index in [0.29, 0.717) is 12.4 Å². The quantitative estimate of drug-likeness (QED) is 0.910. The Balaban J connectivity index is 2.21. The first kappa shape index (κ1) is 13.3. The molecule has 0 aliphatic rings. The van der Waals surface area contributed by atoms with Crippen molar-refractivity contribution in [3.8, 4) is 6.07 Å². The summed E-state index contributed by atoms with van der Waals surface area (Å²) in [6.07, 6.45) is 0. The minimum Gasteiger partial charge on any atom is -0.383 e. The molecule has 1 heterocycles. The van der Waals surface area contributed by atoms with Gasteiger partial charge >= 0.3 is 0 Å². The second-order valence-corrected chi connectivity index (χ2v) is 4.95. The molecule has 0 aliphatic heterocycles. The van der Waals surface area contributed by atoms with Crippen molar-refractivity contribution in [3.05, 3.63) is 35.9 Å². The van der Waals surface area contributed by atoms with Gasteiger partial charge in [0.1, 0.15) is 5.82 Å². The summed E-state index contributed by atoms with van der Waals surface area (Å²) in [6, 6.07) is 12.2. The smallest absolute Gasteiger partial charge is 0.128 e. The zero-order chi connectivity index (χ0) is 13.8. The normalized spacial score (nSPS) is 12.5. The van der Waals surface area contributed by atoms with E-state index in [9.17, 15) is 0 Å². The van der Waals surface area contributed by atoms with Crippen LogP contribution in [0.1, 0.15) is 12.5 Å². The standard InChI is InChI=1S/C15H18N4/c1-11(8-16)9-19(2)10-13-7-12-5-3-4-6-14(12)18-15(13)17/h3-7,11H,9-10H2,1-2H3,(H2,17,18). The van der Waals surface area contributed by atoms with Crippen molar-refractivity contribution in [2.75, 3.05) is 19.3 Å². The summed E-state index contributed by atoms with van der Waals surface area (Å²) in [5, 5.41) is 9.92. The van der Waals surface area contributed by atoms with Gasteiger partial charge in [-0.2, -0.15) is 5.26 Å². The summed E-state index contributed by atoms with van der Waals surface area (Å²) >= 11 is 0. The number of hydrogen-bond acceptors (Lipinski definition) is 4. The second kappa shape index (κ2) is 5.68. The Morgan fingerprint density at radius 1 is 1.42 bits per heavy atom. The van der Waals surface area contributed by atoms with E-state index >= 15 is 0 Å². The second-order valence-electron chi connectivity index (χ2n) is 4.95. The Kier molecular flexibility index (Phi) is 3.98.